The molecule has 4 nitrogen and oxygen atoms in total. The molecule has 0 aromatic carbocycles. The van der Waals surface area contributed by atoms with Gasteiger partial charge in [-0.3, -0.25) is 4.79 Å². The zero-order valence-electron chi connectivity index (χ0n) is 9.37. The molecular formula is C11H20N2O2. The summed E-state index contributed by atoms with van der Waals surface area (Å²) in [7, 11) is 1.96. The molecule has 0 saturated carbocycles. The van der Waals surface area contributed by atoms with Gasteiger partial charge in [0.1, 0.15) is 0 Å². The highest BCUT2D eigenvalue weighted by Crippen LogP contribution is 2.19. The minimum atomic E-state index is 0.120. The molecule has 4 heteroatoms. The van der Waals surface area contributed by atoms with E-state index in [2.05, 4.69) is 5.32 Å². The second-order valence-electron chi connectivity index (χ2n) is 4.47. The molecule has 2 fully saturated rings. The minimum absolute atomic E-state index is 0.120. The minimum Gasteiger partial charge on any atom is -0.381 e. The molecular weight excluding hydrogens is 192 g/mol. The van der Waals surface area contributed by atoms with Gasteiger partial charge in [-0.1, -0.05) is 0 Å². The van der Waals surface area contributed by atoms with Gasteiger partial charge in [-0.15, -0.1) is 0 Å². The topological polar surface area (TPSA) is 41.6 Å². The third-order valence-corrected chi connectivity index (χ3v) is 3.42. The molecule has 2 aliphatic heterocycles. The Morgan fingerprint density at radius 3 is 2.93 bits per heavy atom. The molecule has 0 spiro atoms. The molecule has 0 aromatic heterocycles. The zero-order chi connectivity index (χ0) is 10.7. The van der Waals surface area contributed by atoms with E-state index in [1.54, 1.807) is 0 Å². The summed E-state index contributed by atoms with van der Waals surface area (Å²) in [5.41, 5.74) is 0. The third kappa shape index (κ3) is 2.49. The SMILES string of the molecule is CNC1CCN(C(=O)C2CCCOC2)C1. The van der Waals surface area contributed by atoms with Crippen molar-refractivity contribution in [2.75, 3.05) is 33.4 Å². The van der Waals surface area contributed by atoms with Crippen molar-refractivity contribution in [2.45, 2.75) is 25.3 Å². The maximum atomic E-state index is 12.1. The van der Waals surface area contributed by atoms with Crippen molar-refractivity contribution in [1.29, 1.82) is 0 Å². The first-order valence-electron chi connectivity index (χ1n) is 5.85. The summed E-state index contributed by atoms with van der Waals surface area (Å²) in [5, 5.41) is 3.23. The number of ether oxygens (including phenoxy) is 1. The summed E-state index contributed by atoms with van der Waals surface area (Å²) >= 11 is 0. The number of hydrogen-bond donors (Lipinski definition) is 1. The Bertz CT molecular complexity index is 227. The van der Waals surface area contributed by atoms with Gasteiger partial charge in [0.05, 0.1) is 12.5 Å². The van der Waals surface area contributed by atoms with E-state index < -0.39 is 0 Å². The summed E-state index contributed by atoms with van der Waals surface area (Å²) in [6.07, 6.45) is 3.11. The van der Waals surface area contributed by atoms with Crippen molar-refractivity contribution >= 4 is 5.91 Å². The Morgan fingerprint density at radius 2 is 2.33 bits per heavy atom. The van der Waals surface area contributed by atoms with Crippen molar-refractivity contribution in [2.24, 2.45) is 5.92 Å². The molecule has 0 bridgehead atoms. The predicted molar refractivity (Wildman–Crippen MR) is 57.6 cm³/mol. The molecule has 1 amide bonds. The number of carbonyl (C=O) groups is 1. The van der Waals surface area contributed by atoms with Gasteiger partial charge in [-0.2, -0.15) is 0 Å². The fourth-order valence-corrected chi connectivity index (χ4v) is 2.39. The Hall–Kier alpha value is -0.610. The lowest BCUT2D eigenvalue weighted by Gasteiger charge is -2.26. The summed E-state index contributed by atoms with van der Waals surface area (Å²) < 4.78 is 5.35. The van der Waals surface area contributed by atoms with Gasteiger partial charge in [-0.25, -0.2) is 0 Å². The van der Waals surface area contributed by atoms with Crippen LogP contribution in [0.3, 0.4) is 0 Å². The number of hydrogen-bond acceptors (Lipinski definition) is 3. The van der Waals surface area contributed by atoms with Gasteiger partial charge >= 0.3 is 0 Å². The fraction of sp³-hybridized carbons (Fsp3) is 0.909. The van der Waals surface area contributed by atoms with Crippen molar-refractivity contribution in [3.8, 4) is 0 Å². The van der Waals surface area contributed by atoms with E-state index in [4.69, 9.17) is 4.74 Å². The monoisotopic (exact) mass is 212 g/mol. The van der Waals surface area contributed by atoms with Crippen molar-refractivity contribution < 1.29 is 9.53 Å². The number of likely N-dealkylation sites (tertiary alicyclic amines) is 1. The lowest BCUT2D eigenvalue weighted by Crippen LogP contribution is -2.39. The van der Waals surface area contributed by atoms with Gasteiger partial charge in [-0.05, 0) is 26.3 Å². The van der Waals surface area contributed by atoms with Gasteiger partial charge in [0.25, 0.3) is 0 Å². The van der Waals surface area contributed by atoms with Crippen LogP contribution >= 0.6 is 0 Å². The van der Waals surface area contributed by atoms with Gasteiger partial charge < -0.3 is 15.0 Å². The van der Waals surface area contributed by atoms with Gasteiger partial charge in [0.2, 0.25) is 5.91 Å². The van der Waals surface area contributed by atoms with Crippen LogP contribution in [0.1, 0.15) is 19.3 Å². The Kier molecular flexibility index (Phi) is 3.59. The van der Waals surface area contributed by atoms with E-state index in [0.29, 0.717) is 18.6 Å². The number of nitrogens with one attached hydrogen (secondary N) is 1. The molecule has 2 rings (SSSR count). The summed E-state index contributed by atoms with van der Waals surface area (Å²) in [5.74, 6) is 0.418. The molecule has 2 unspecified atom stereocenters. The van der Waals surface area contributed by atoms with Crippen molar-refractivity contribution in [1.82, 2.24) is 10.2 Å². The van der Waals surface area contributed by atoms with E-state index >= 15 is 0 Å². The maximum absolute atomic E-state index is 12.1. The normalized spacial score (nSPS) is 31.9. The smallest absolute Gasteiger partial charge is 0.228 e. The number of carbonyl (C=O) groups excluding carboxylic acids is 1. The molecule has 15 heavy (non-hydrogen) atoms. The maximum Gasteiger partial charge on any atom is 0.228 e. The average Bonchev–Trinajstić information content (AvgIpc) is 2.78. The van der Waals surface area contributed by atoms with Crippen molar-refractivity contribution in [3.05, 3.63) is 0 Å². The van der Waals surface area contributed by atoms with Gasteiger partial charge in [0, 0.05) is 25.7 Å². The van der Waals surface area contributed by atoms with Crippen LogP contribution in [0.5, 0.6) is 0 Å². The highest BCUT2D eigenvalue weighted by molar-refractivity contribution is 5.79. The molecule has 2 heterocycles. The fourth-order valence-electron chi connectivity index (χ4n) is 2.39. The second-order valence-corrected chi connectivity index (χ2v) is 4.47. The first-order chi connectivity index (χ1) is 7.31. The highest BCUT2D eigenvalue weighted by atomic mass is 16.5. The molecule has 2 saturated heterocycles. The van der Waals surface area contributed by atoms with Gasteiger partial charge in [0.15, 0.2) is 0 Å². The first kappa shape index (κ1) is 10.9. The van der Waals surface area contributed by atoms with E-state index in [-0.39, 0.29) is 5.92 Å². The molecule has 0 aliphatic carbocycles. The molecule has 0 aromatic rings. The molecule has 1 N–H and O–H groups in total. The van der Waals surface area contributed by atoms with Crippen LogP contribution in [0.4, 0.5) is 0 Å². The summed E-state index contributed by atoms with van der Waals surface area (Å²) in [6, 6.07) is 0.485. The van der Waals surface area contributed by atoms with Crippen LogP contribution < -0.4 is 5.32 Å². The van der Waals surface area contributed by atoms with Crippen LogP contribution in [0.15, 0.2) is 0 Å². The van der Waals surface area contributed by atoms with Crippen LogP contribution in [0, 0.1) is 5.92 Å². The second kappa shape index (κ2) is 4.94. The zero-order valence-corrected chi connectivity index (χ0v) is 9.37. The quantitative estimate of drug-likeness (QED) is 0.712. The van der Waals surface area contributed by atoms with Crippen LogP contribution in [-0.2, 0) is 9.53 Å². The first-order valence-corrected chi connectivity index (χ1v) is 5.85. The number of nitrogens with zero attached hydrogens (tertiary/aromatic N) is 1. The molecule has 86 valence electrons. The average molecular weight is 212 g/mol. The Labute approximate surface area is 91.0 Å². The van der Waals surface area contributed by atoms with Crippen molar-refractivity contribution in [3.63, 3.8) is 0 Å². The predicted octanol–water partition coefficient (Wildman–Crippen LogP) is 0.233. The molecule has 2 atom stereocenters. The number of rotatable bonds is 2. The lowest BCUT2D eigenvalue weighted by molar-refractivity contribution is -0.138. The Morgan fingerprint density at radius 1 is 1.47 bits per heavy atom. The van der Waals surface area contributed by atoms with E-state index in [1.165, 1.54) is 0 Å². The standard InChI is InChI=1S/C11H20N2O2/c1-12-10-4-5-13(7-10)11(14)9-3-2-6-15-8-9/h9-10,12H,2-8H2,1H3. The van der Waals surface area contributed by atoms with Crippen LogP contribution in [0.25, 0.3) is 0 Å². The largest absolute Gasteiger partial charge is 0.381 e. The number of amides is 1. The lowest BCUT2D eigenvalue weighted by atomic mass is 10.0. The molecule has 0 radical (unpaired) electrons. The Balaban J connectivity index is 1.85. The van der Waals surface area contributed by atoms with E-state index in [1.807, 2.05) is 11.9 Å². The summed E-state index contributed by atoms with van der Waals surface area (Å²) in [4.78, 5) is 14.1. The summed E-state index contributed by atoms with van der Waals surface area (Å²) in [6.45, 7) is 3.22. The third-order valence-electron chi connectivity index (χ3n) is 3.42. The number of likely N-dealkylation sites (N-methyl/N-ethyl adjacent to an activating group) is 1. The van der Waals surface area contributed by atoms with Crippen LogP contribution in [0.2, 0.25) is 0 Å². The van der Waals surface area contributed by atoms with E-state index in [0.717, 1.165) is 39.0 Å². The van der Waals surface area contributed by atoms with Crippen LogP contribution in [-0.4, -0.2) is 50.2 Å². The van der Waals surface area contributed by atoms with E-state index in [9.17, 15) is 4.79 Å². The highest BCUT2D eigenvalue weighted by Gasteiger charge is 2.31. The molecule has 2 aliphatic rings.